The third-order valence-corrected chi connectivity index (χ3v) is 4.68. The molecule has 1 saturated heterocycles. The number of carboxylic acids is 1. The van der Waals surface area contributed by atoms with Gasteiger partial charge < -0.3 is 14.9 Å². The molecule has 1 aliphatic rings. The lowest BCUT2D eigenvalue weighted by Gasteiger charge is -2.19. The number of nitrogens with zero attached hydrogens (tertiary/aromatic N) is 3. The maximum atomic E-state index is 11.2. The zero-order valence-corrected chi connectivity index (χ0v) is 12.5. The van der Waals surface area contributed by atoms with E-state index in [0.29, 0.717) is 10.9 Å². The molecule has 106 valence electrons. The summed E-state index contributed by atoms with van der Waals surface area (Å²) in [4.78, 5) is 20.6. The van der Waals surface area contributed by atoms with E-state index in [4.69, 9.17) is 0 Å². The molecule has 1 aromatic heterocycles. The predicted octanol–water partition coefficient (Wildman–Crippen LogP) is 1.93. The Morgan fingerprint density at radius 2 is 2.32 bits per heavy atom. The fraction of sp³-hybridized carbons (Fsp3) is 0.692. The Labute approximate surface area is 117 Å². The molecule has 0 radical (unpaired) electrons. The number of carboxylic acid groups (broad SMARTS) is 1. The van der Waals surface area contributed by atoms with E-state index >= 15 is 0 Å². The number of thiazole rings is 1. The molecule has 1 unspecified atom stereocenters. The van der Waals surface area contributed by atoms with Gasteiger partial charge in [-0.05, 0) is 26.9 Å². The van der Waals surface area contributed by atoms with Gasteiger partial charge in [-0.1, -0.05) is 24.7 Å². The lowest BCUT2D eigenvalue weighted by Crippen LogP contribution is -2.31. The van der Waals surface area contributed by atoms with Crippen LogP contribution in [0.1, 0.15) is 35.1 Å². The molecule has 0 bridgehead atoms. The number of likely N-dealkylation sites (N-methyl/N-ethyl adjacent to an activating group) is 1. The second-order valence-electron chi connectivity index (χ2n) is 5.18. The first-order valence-corrected chi connectivity index (χ1v) is 7.49. The van der Waals surface area contributed by atoms with Crippen LogP contribution in [-0.4, -0.2) is 54.2 Å². The maximum Gasteiger partial charge on any atom is 0.347 e. The second-order valence-corrected chi connectivity index (χ2v) is 6.16. The molecule has 0 amide bonds. The third-order valence-electron chi connectivity index (χ3n) is 3.53. The summed E-state index contributed by atoms with van der Waals surface area (Å²) >= 11 is 1.32. The summed E-state index contributed by atoms with van der Waals surface area (Å²) in [6.07, 6.45) is 2.77. The summed E-state index contributed by atoms with van der Waals surface area (Å²) in [6.45, 7) is 3.94. The van der Waals surface area contributed by atoms with Crippen LogP contribution in [0.5, 0.6) is 0 Å². The fourth-order valence-corrected chi connectivity index (χ4v) is 3.37. The first-order chi connectivity index (χ1) is 9.02. The van der Waals surface area contributed by atoms with Crippen LogP contribution in [0.2, 0.25) is 0 Å². The zero-order valence-electron chi connectivity index (χ0n) is 11.7. The van der Waals surface area contributed by atoms with E-state index in [1.54, 1.807) is 0 Å². The van der Waals surface area contributed by atoms with Crippen molar-refractivity contribution in [2.45, 2.75) is 32.2 Å². The molecule has 1 aromatic rings. The Hall–Kier alpha value is -1.14. The van der Waals surface area contributed by atoms with Crippen LogP contribution in [0.15, 0.2) is 0 Å². The van der Waals surface area contributed by atoms with Crippen molar-refractivity contribution < 1.29 is 9.90 Å². The average Bonchev–Trinajstić information content (AvgIpc) is 2.94. The van der Waals surface area contributed by atoms with E-state index in [1.807, 2.05) is 6.92 Å². The minimum atomic E-state index is -0.851. The number of aromatic carboxylic acids is 1. The zero-order chi connectivity index (χ0) is 14.0. The lowest BCUT2D eigenvalue weighted by molar-refractivity contribution is 0.0700. The van der Waals surface area contributed by atoms with Gasteiger partial charge in [-0.15, -0.1) is 0 Å². The molecule has 0 aliphatic carbocycles. The maximum absolute atomic E-state index is 11.2. The molecule has 1 fully saturated rings. The van der Waals surface area contributed by atoms with Gasteiger partial charge in [0.15, 0.2) is 5.13 Å². The average molecular weight is 283 g/mol. The quantitative estimate of drug-likeness (QED) is 0.895. The van der Waals surface area contributed by atoms with Crippen molar-refractivity contribution >= 4 is 22.4 Å². The van der Waals surface area contributed by atoms with Crippen LogP contribution in [0.3, 0.4) is 0 Å². The van der Waals surface area contributed by atoms with E-state index in [1.165, 1.54) is 11.3 Å². The van der Waals surface area contributed by atoms with Crippen LogP contribution >= 0.6 is 11.3 Å². The van der Waals surface area contributed by atoms with Gasteiger partial charge in [-0.2, -0.15) is 0 Å². The van der Waals surface area contributed by atoms with Crippen molar-refractivity contribution in [3.63, 3.8) is 0 Å². The number of hydrogen-bond acceptors (Lipinski definition) is 5. The van der Waals surface area contributed by atoms with Crippen LogP contribution in [0, 0.1) is 0 Å². The predicted molar refractivity (Wildman–Crippen MR) is 77.4 cm³/mol. The van der Waals surface area contributed by atoms with Crippen molar-refractivity contribution in [3.8, 4) is 0 Å². The highest BCUT2D eigenvalue weighted by Gasteiger charge is 2.27. The van der Waals surface area contributed by atoms with E-state index in [-0.39, 0.29) is 0 Å². The molecule has 5 nitrogen and oxygen atoms in total. The molecular formula is C13H21N3O2S. The smallest absolute Gasteiger partial charge is 0.347 e. The number of aromatic nitrogens is 1. The Morgan fingerprint density at radius 3 is 2.84 bits per heavy atom. The van der Waals surface area contributed by atoms with Gasteiger partial charge >= 0.3 is 5.97 Å². The topological polar surface area (TPSA) is 56.7 Å². The molecule has 0 aromatic carbocycles. The van der Waals surface area contributed by atoms with Crippen molar-refractivity contribution in [1.82, 2.24) is 9.88 Å². The SMILES string of the molecule is CCCc1nc(N2CCC(N(C)C)C2)sc1C(=O)O. The summed E-state index contributed by atoms with van der Waals surface area (Å²) in [6, 6.07) is 0.534. The van der Waals surface area contributed by atoms with E-state index in [2.05, 4.69) is 28.9 Å². The normalized spacial score (nSPS) is 19.4. The number of carbonyl (C=O) groups is 1. The van der Waals surface area contributed by atoms with Crippen molar-refractivity contribution in [1.29, 1.82) is 0 Å². The highest BCUT2D eigenvalue weighted by molar-refractivity contribution is 7.17. The van der Waals surface area contributed by atoms with Gasteiger partial charge in [-0.3, -0.25) is 0 Å². The minimum absolute atomic E-state index is 0.408. The van der Waals surface area contributed by atoms with Gasteiger partial charge in [0.05, 0.1) is 5.69 Å². The summed E-state index contributed by atoms with van der Waals surface area (Å²) in [5.41, 5.74) is 0.739. The number of rotatable bonds is 5. The Kier molecular flexibility index (Phi) is 4.42. The van der Waals surface area contributed by atoms with E-state index in [0.717, 1.165) is 43.2 Å². The van der Waals surface area contributed by atoms with Crippen molar-refractivity contribution in [3.05, 3.63) is 10.6 Å². The molecule has 2 heterocycles. The van der Waals surface area contributed by atoms with Gasteiger partial charge in [0.25, 0.3) is 0 Å². The fourth-order valence-electron chi connectivity index (χ4n) is 2.38. The second kappa shape index (κ2) is 5.88. The summed E-state index contributed by atoms with van der Waals surface area (Å²) in [5.74, 6) is -0.851. The Morgan fingerprint density at radius 1 is 1.58 bits per heavy atom. The van der Waals surface area contributed by atoms with Crippen molar-refractivity contribution in [2.24, 2.45) is 0 Å². The van der Waals surface area contributed by atoms with Gasteiger partial charge in [0, 0.05) is 19.1 Å². The Balaban J connectivity index is 2.17. The molecule has 0 spiro atoms. The summed E-state index contributed by atoms with van der Waals surface area (Å²) < 4.78 is 0. The molecule has 0 saturated carbocycles. The number of anilines is 1. The molecule has 2 rings (SSSR count). The van der Waals surface area contributed by atoms with Crippen LogP contribution in [-0.2, 0) is 6.42 Å². The van der Waals surface area contributed by atoms with Crippen LogP contribution < -0.4 is 4.90 Å². The highest BCUT2D eigenvalue weighted by Crippen LogP contribution is 2.30. The first kappa shape index (κ1) is 14.3. The largest absolute Gasteiger partial charge is 0.477 e. The summed E-state index contributed by atoms with van der Waals surface area (Å²) in [7, 11) is 4.17. The third kappa shape index (κ3) is 3.06. The monoisotopic (exact) mass is 283 g/mol. The van der Waals surface area contributed by atoms with E-state index < -0.39 is 5.97 Å². The van der Waals surface area contributed by atoms with Crippen LogP contribution in [0.25, 0.3) is 0 Å². The van der Waals surface area contributed by atoms with Gasteiger partial charge in [0.2, 0.25) is 0 Å². The molecule has 6 heteroatoms. The minimum Gasteiger partial charge on any atom is -0.477 e. The highest BCUT2D eigenvalue weighted by atomic mass is 32.1. The van der Waals surface area contributed by atoms with E-state index in [9.17, 15) is 9.90 Å². The number of aryl methyl sites for hydroxylation is 1. The van der Waals surface area contributed by atoms with Gasteiger partial charge in [0.1, 0.15) is 4.88 Å². The molecule has 1 N–H and O–H groups in total. The first-order valence-electron chi connectivity index (χ1n) is 6.67. The summed E-state index contributed by atoms with van der Waals surface area (Å²) in [5, 5.41) is 10.1. The standard InChI is InChI=1S/C13H21N3O2S/c1-4-5-10-11(12(17)18)19-13(14-10)16-7-6-9(8-16)15(2)3/h9H,4-8H2,1-3H3,(H,17,18). The molecular weight excluding hydrogens is 262 g/mol. The van der Waals surface area contributed by atoms with Crippen molar-refractivity contribution in [2.75, 3.05) is 32.1 Å². The van der Waals surface area contributed by atoms with Crippen LogP contribution in [0.4, 0.5) is 5.13 Å². The van der Waals surface area contributed by atoms with Gasteiger partial charge in [-0.25, -0.2) is 9.78 Å². The molecule has 19 heavy (non-hydrogen) atoms. The number of hydrogen-bond donors (Lipinski definition) is 1. The molecule has 1 aliphatic heterocycles. The Bertz CT molecular complexity index is 459. The lowest BCUT2D eigenvalue weighted by atomic mass is 10.2. The molecule has 1 atom stereocenters.